The topological polar surface area (TPSA) is 54.6 Å². The normalized spacial score (nSPS) is 13.2. The summed E-state index contributed by atoms with van der Waals surface area (Å²) in [7, 11) is 0. The molecule has 1 atom stereocenters. The van der Waals surface area contributed by atoms with E-state index in [-0.39, 0.29) is 5.92 Å². The summed E-state index contributed by atoms with van der Waals surface area (Å²) in [6.45, 7) is 5.77. The van der Waals surface area contributed by atoms with Gasteiger partial charge in [-0.1, -0.05) is 19.9 Å². The maximum atomic E-state index is 11.3. The summed E-state index contributed by atoms with van der Waals surface area (Å²) in [6.07, 6.45) is 3.57. The molecule has 0 spiro atoms. The molecule has 2 aromatic rings. The Kier molecular flexibility index (Phi) is 2.88. The van der Waals surface area contributed by atoms with E-state index in [1.54, 1.807) is 6.33 Å². The first-order chi connectivity index (χ1) is 8.00. The molecular formula is C13H16N2O2. The number of aryl methyl sites for hydroxylation is 1. The third-order valence-corrected chi connectivity index (χ3v) is 3.04. The highest BCUT2D eigenvalue weighted by Gasteiger charge is 2.23. The van der Waals surface area contributed by atoms with Gasteiger partial charge in [0.05, 0.1) is 23.5 Å². The number of aliphatic carboxylic acids is 1. The van der Waals surface area contributed by atoms with Crippen molar-refractivity contribution in [2.45, 2.75) is 26.7 Å². The molecule has 0 bridgehead atoms. The Hall–Kier alpha value is -1.84. The first kappa shape index (κ1) is 11.6. The zero-order chi connectivity index (χ0) is 12.6. The highest BCUT2D eigenvalue weighted by Crippen LogP contribution is 2.25. The Morgan fingerprint density at radius 2 is 2.12 bits per heavy atom. The molecule has 90 valence electrons. The summed E-state index contributed by atoms with van der Waals surface area (Å²) in [5.74, 6) is -1.19. The molecule has 2 rings (SSSR count). The molecule has 0 aromatic carbocycles. The highest BCUT2D eigenvalue weighted by molar-refractivity contribution is 5.76. The largest absolute Gasteiger partial charge is 0.481 e. The van der Waals surface area contributed by atoms with Crippen molar-refractivity contribution in [3.05, 3.63) is 35.9 Å². The second-order valence-electron chi connectivity index (χ2n) is 4.64. The summed E-state index contributed by atoms with van der Waals surface area (Å²) in [4.78, 5) is 15.5. The molecule has 0 fully saturated rings. The lowest BCUT2D eigenvalue weighted by Crippen LogP contribution is -2.17. The quantitative estimate of drug-likeness (QED) is 0.884. The first-order valence-electron chi connectivity index (χ1n) is 5.66. The molecule has 0 amide bonds. The van der Waals surface area contributed by atoms with Crippen LogP contribution in [0.2, 0.25) is 0 Å². The van der Waals surface area contributed by atoms with Crippen molar-refractivity contribution >= 4 is 11.5 Å². The molecule has 0 saturated carbocycles. The number of imidazole rings is 1. The van der Waals surface area contributed by atoms with Gasteiger partial charge in [0, 0.05) is 6.20 Å². The van der Waals surface area contributed by atoms with Gasteiger partial charge in [-0.25, -0.2) is 4.98 Å². The molecular weight excluding hydrogens is 216 g/mol. The fraction of sp³-hybridized carbons (Fsp3) is 0.385. The maximum absolute atomic E-state index is 11.3. The van der Waals surface area contributed by atoms with Crippen LogP contribution in [0.25, 0.3) is 5.52 Å². The average molecular weight is 232 g/mol. The summed E-state index contributed by atoms with van der Waals surface area (Å²) in [5.41, 5.74) is 2.78. The van der Waals surface area contributed by atoms with Crippen LogP contribution in [0.15, 0.2) is 24.7 Å². The van der Waals surface area contributed by atoms with Gasteiger partial charge in [0.15, 0.2) is 0 Å². The van der Waals surface area contributed by atoms with Crippen LogP contribution in [0.4, 0.5) is 0 Å². The molecule has 0 aliphatic carbocycles. The van der Waals surface area contributed by atoms with Gasteiger partial charge in [-0.05, 0) is 24.5 Å². The molecule has 1 N–H and O–H groups in total. The Morgan fingerprint density at radius 1 is 1.41 bits per heavy atom. The van der Waals surface area contributed by atoms with Gasteiger partial charge in [-0.15, -0.1) is 0 Å². The van der Waals surface area contributed by atoms with Gasteiger partial charge < -0.3 is 9.51 Å². The minimum absolute atomic E-state index is 0.0644. The molecule has 0 saturated heterocycles. The van der Waals surface area contributed by atoms with Crippen LogP contribution in [0.1, 0.15) is 31.0 Å². The lowest BCUT2D eigenvalue weighted by Gasteiger charge is -2.16. The van der Waals surface area contributed by atoms with Crippen LogP contribution in [0, 0.1) is 12.8 Å². The van der Waals surface area contributed by atoms with E-state index in [9.17, 15) is 9.90 Å². The maximum Gasteiger partial charge on any atom is 0.311 e. The number of carboxylic acid groups (broad SMARTS) is 1. The van der Waals surface area contributed by atoms with Crippen LogP contribution in [-0.2, 0) is 4.79 Å². The molecule has 0 aliphatic heterocycles. The number of nitrogens with zero attached hydrogens (tertiary/aromatic N) is 2. The molecule has 1 unspecified atom stereocenters. The predicted molar refractivity (Wildman–Crippen MR) is 65.1 cm³/mol. The lowest BCUT2D eigenvalue weighted by molar-refractivity contribution is -0.139. The zero-order valence-corrected chi connectivity index (χ0v) is 10.2. The van der Waals surface area contributed by atoms with Crippen molar-refractivity contribution < 1.29 is 9.90 Å². The van der Waals surface area contributed by atoms with Crippen LogP contribution in [0.3, 0.4) is 0 Å². The van der Waals surface area contributed by atoms with Crippen molar-refractivity contribution in [2.75, 3.05) is 0 Å². The summed E-state index contributed by atoms with van der Waals surface area (Å²) in [5, 5.41) is 9.25. The number of hydrogen-bond donors (Lipinski definition) is 1. The Balaban J connectivity index is 2.51. The second kappa shape index (κ2) is 4.20. The van der Waals surface area contributed by atoms with Crippen molar-refractivity contribution in [1.82, 2.24) is 9.38 Å². The van der Waals surface area contributed by atoms with Crippen LogP contribution >= 0.6 is 0 Å². The molecule has 2 aromatic heterocycles. The van der Waals surface area contributed by atoms with E-state index < -0.39 is 11.9 Å². The van der Waals surface area contributed by atoms with Gasteiger partial charge in [0.2, 0.25) is 0 Å². The predicted octanol–water partition coefficient (Wildman–Crippen LogP) is 2.47. The van der Waals surface area contributed by atoms with Gasteiger partial charge in [0.1, 0.15) is 0 Å². The third kappa shape index (κ3) is 2.02. The monoisotopic (exact) mass is 232 g/mol. The highest BCUT2D eigenvalue weighted by atomic mass is 16.4. The van der Waals surface area contributed by atoms with Crippen molar-refractivity contribution in [3.63, 3.8) is 0 Å². The summed E-state index contributed by atoms with van der Waals surface area (Å²) >= 11 is 0. The van der Waals surface area contributed by atoms with E-state index in [0.29, 0.717) is 0 Å². The number of hydrogen-bond acceptors (Lipinski definition) is 2. The Bertz CT molecular complexity index is 558. The minimum Gasteiger partial charge on any atom is -0.481 e. The lowest BCUT2D eigenvalue weighted by atomic mass is 9.89. The number of fused-ring (bicyclic) bond motifs is 1. The van der Waals surface area contributed by atoms with E-state index in [1.165, 1.54) is 0 Å². The number of rotatable bonds is 3. The van der Waals surface area contributed by atoms with E-state index in [0.717, 1.165) is 16.8 Å². The number of carboxylic acids is 1. The summed E-state index contributed by atoms with van der Waals surface area (Å²) < 4.78 is 1.88. The van der Waals surface area contributed by atoms with E-state index in [4.69, 9.17) is 0 Å². The SMILES string of the molecule is Cc1ncn2cc(C(C(=O)O)C(C)C)ccc12. The average Bonchev–Trinajstić information content (AvgIpc) is 2.59. The van der Waals surface area contributed by atoms with Crippen LogP contribution in [0.5, 0.6) is 0 Å². The number of pyridine rings is 1. The summed E-state index contributed by atoms with van der Waals surface area (Å²) in [6, 6.07) is 3.80. The van der Waals surface area contributed by atoms with Gasteiger partial charge in [-0.2, -0.15) is 0 Å². The second-order valence-corrected chi connectivity index (χ2v) is 4.64. The Labute approximate surface area is 99.9 Å². The number of carbonyl (C=O) groups is 1. The van der Waals surface area contributed by atoms with Crippen LogP contribution < -0.4 is 0 Å². The van der Waals surface area contributed by atoms with E-state index in [1.807, 2.05) is 43.5 Å². The van der Waals surface area contributed by atoms with Crippen molar-refractivity contribution in [2.24, 2.45) is 5.92 Å². The minimum atomic E-state index is -0.781. The molecule has 0 aliphatic rings. The van der Waals surface area contributed by atoms with E-state index in [2.05, 4.69) is 4.98 Å². The fourth-order valence-corrected chi connectivity index (χ4v) is 2.15. The van der Waals surface area contributed by atoms with Crippen molar-refractivity contribution in [3.8, 4) is 0 Å². The van der Waals surface area contributed by atoms with Gasteiger partial charge in [-0.3, -0.25) is 4.79 Å². The molecule has 2 heterocycles. The fourth-order valence-electron chi connectivity index (χ4n) is 2.15. The zero-order valence-electron chi connectivity index (χ0n) is 10.2. The molecule has 0 radical (unpaired) electrons. The molecule has 4 nitrogen and oxygen atoms in total. The van der Waals surface area contributed by atoms with Crippen LogP contribution in [-0.4, -0.2) is 20.5 Å². The third-order valence-electron chi connectivity index (χ3n) is 3.04. The van der Waals surface area contributed by atoms with E-state index >= 15 is 0 Å². The first-order valence-corrected chi connectivity index (χ1v) is 5.66. The smallest absolute Gasteiger partial charge is 0.311 e. The molecule has 17 heavy (non-hydrogen) atoms. The molecule has 4 heteroatoms. The number of aromatic nitrogens is 2. The van der Waals surface area contributed by atoms with Gasteiger partial charge >= 0.3 is 5.97 Å². The van der Waals surface area contributed by atoms with Gasteiger partial charge in [0.25, 0.3) is 0 Å². The van der Waals surface area contributed by atoms with Crippen molar-refractivity contribution in [1.29, 1.82) is 0 Å². The Morgan fingerprint density at radius 3 is 2.71 bits per heavy atom. The standard InChI is InChI=1S/C13H16N2O2/c1-8(2)12(13(16)17)10-4-5-11-9(3)14-7-15(11)6-10/h4-8,12H,1-3H3,(H,16,17).